The lowest BCUT2D eigenvalue weighted by atomic mass is 9.87. The Morgan fingerprint density at radius 3 is 2.08 bits per heavy atom. The van der Waals surface area contributed by atoms with Crippen molar-refractivity contribution in [3.05, 3.63) is 41.6 Å². The van der Waals surface area contributed by atoms with Crippen LogP contribution in [0.2, 0.25) is 0 Å². The fourth-order valence-electron chi connectivity index (χ4n) is 2.71. The average Bonchev–Trinajstić information content (AvgIpc) is 3.29. The molecule has 0 radical (unpaired) electrons. The molecule has 1 aliphatic rings. The third-order valence-electron chi connectivity index (χ3n) is 4.25. The lowest BCUT2D eigenvalue weighted by molar-refractivity contribution is 0.590. The third-order valence-corrected chi connectivity index (χ3v) is 4.25. The molecule has 0 saturated heterocycles. The van der Waals surface area contributed by atoms with Crippen LogP contribution in [0.3, 0.4) is 0 Å². The Hall–Kier alpha value is -2.10. The molecule has 1 saturated carbocycles. The summed E-state index contributed by atoms with van der Waals surface area (Å²) in [6.07, 6.45) is 2.46. The molecule has 0 bridgehead atoms. The number of aromatic nitrogens is 2. The summed E-state index contributed by atoms with van der Waals surface area (Å²) >= 11 is 0. The maximum atomic E-state index is 4.71. The quantitative estimate of drug-likeness (QED) is 0.761. The van der Waals surface area contributed by atoms with Gasteiger partial charge in [0.15, 0.2) is 0 Å². The van der Waals surface area contributed by atoms with E-state index in [1.165, 1.54) is 18.4 Å². The van der Waals surface area contributed by atoms with Crippen LogP contribution in [0.15, 0.2) is 30.3 Å². The van der Waals surface area contributed by atoms with E-state index in [2.05, 4.69) is 87.5 Å². The topological polar surface area (TPSA) is 49.8 Å². The van der Waals surface area contributed by atoms with Crippen LogP contribution in [0.4, 0.5) is 17.5 Å². The molecule has 2 aromatic rings. The Balaban J connectivity index is 1.83. The van der Waals surface area contributed by atoms with Gasteiger partial charge in [0, 0.05) is 23.2 Å². The van der Waals surface area contributed by atoms with Crippen molar-refractivity contribution >= 4 is 17.5 Å². The second-order valence-electron chi connectivity index (χ2n) is 9.10. The van der Waals surface area contributed by atoms with Gasteiger partial charge < -0.3 is 10.6 Å². The maximum absolute atomic E-state index is 4.71. The smallest absolute Gasteiger partial charge is 0.225 e. The molecule has 1 heterocycles. The molecule has 4 heteroatoms. The van der Waals surface area contributed by atoms with Crippen LogP contribution < -0.4 is 10.6 Å². The Bertz CT molecular complexity index is 732. The summed E-state index contributed by atoms with van der Waals surface area (Å²) in [5.41, 5.74) is 3.62. The highest BCUT2D eigenvalue weighted by molar-refractivity contribution is 5.58. The molecule has 1 aliphatic carbocycles. The molecular weight excluding hydrogens is 308 g/mol. The average molecular weight is 338 g/mol. The Labute approximate surface area is 151 Å². The van der Waals surface area contributed by atoms with Gasteiger partial charge >= 0.3 is 0 Å². The third kappa shape index (κ3) is 4.94. The number of benzene rings is 1. The number of nitrogens with zero attached hydrogens (tertiary/aromatic N) is 2. The highest BCUT2D eigenvalue weighted by atomic mass is 15.2. The second kappa shape index (κ2) is 6.32. The van der Waals surface area contributed by atoms with E-state index in [-0.39, 0.29) is 11.0 Å². The van der Waals surface area contributed by atoms with Gasteiger partial charge in [-0.2, -0.15) is 4.98 Å². The SMILES string of the molecule is CC(C)(C)Nc1nc(Nc2ccc(C(C)(C)C)cc2)cc(C2CC2)n1. The molecule has 1 aromatic carbocycles. The van der Waals surface area contributed by atoms with Crippen molar-refractivity contribution < 1.29 is 0 Å². The second-order valence-corrected chi connectivity index (χ2v) is 9.10. The van der Waals surface area contributed by atoms with E-state index in [4.69, 9.17) is 4.98 Å². The minimum absolute atomic E-state index is 0.0617. The van der Waals surface area contributed by atoms with Crippen molar-refractivity contribution in [1.82, 2.24) is 9.97 Å². The predicted octanol–water partition coefficient (Wildman–Crippen LogP) is 5.61. The molecule has 0 unspecified atom stereocenters. The largest absolute Gasteiger partial charge is 0.350 e. The van der Waals surface area contributed by atoms with Crippen molar-refractivity contribution in [1.29, 1.82) is 0 Å². The fourth-order valence-corrected chi connectivity index (χ4v) is 2.71. The van der Waals surface area contributed by atoms with Crippen LogP contribution in [0, 0.1) is 0 Å². The van der Waals surface area contributed by atoms with Gasteiger partial charge in [-0.05, 0) is 56.7 Å². The molecule has 1 aromatic heterocycles. The predicted molar refractivity (Wildman–Crippen MR) is 106 cm³/mol. The van der Waals surface area contributed by atoms with Crippen molar-refractivity contribution in [2.75, 3.05) is 10.6 Å². The van der Waals surface area contributed by atoms with Crippen molar-refractivity contribution in [2.24, 2.45) is 0 Å². The van der Waals surface area contributed by atoms with E-state index in [1.807, 2.05) is 0 Å². The van der Waals surface area contributed by atoms with Crippen LogP contribution in [0.5, 0.6) is 0 Å². The molecule has 0 spiro atoms. The first-order valence-electron chi connectivity index (χ1n) is 9.15. The lowest BCUT2D eigenvalue weighted by Gasteiger charge is -2.21. The molecule has 1 fully saturated rings. The first-order valence-corrected chi connectivity index (χ1v) is 9.15. The standard InChI is InChI=1S/C21H30N4/c1-20(2,3)15-9-11-16(12-10-15)22-18-13-17(14-7-8-14)23-19(24-18)25-21(4,5)6/h9-14H,7-8H2,1-6H3,(H2,22,23,24,25). The first kappa shape index (κ1) is 17.7. The van der Waals surface area contributed by atoms with E-state index in [0.29, 0.717) is 11.9 Å². The zero-order valence-corrected chi connectivity index (χ0v) is 16.3. The van der Waals surface area contributed by atoms with E-state index in [9.17, 15) is 0 Å². The summed E-state index contributed by atoms with van der Waals surface area (Å²) in [6, 6.07) is 10.7. The fraction of sp³-hybridized carbons (Fsp3) is 0.524. The minimum Gasteiger partial charge on any atom is -0.350 e. The van der Waals surface area contributed by atoms with Gasteiger partial charge in [-0.25, -0.2) is 4.98 Å². The maximum Gasteiger partial charge on any atom is 0.225 e. The summed E-state index contributed by atoms with van der Waals surface area (Å²) in [4.78, 5) is 9.37. The number of rotatable bonds is 4. The van der Waals surface area contributed by atoms with E-state index >= 15 is 0 Å². The molecule has 3 rings (SSSR count). The summed E-state index contributed by atoms with van der Waals surface area (Å²) in [5, 5.41) is 6.84. The summed E-state index contributed by atoms with van der Waals surface area (Å²) in [7, 11) is 0. The number of hydrogen-bond acceptors (Lipinski definition) is 4. The van der Waals surface area contributed by atoms with Crippen LogP contribution in [-0.4, -0.2) is 15.5 Å². The molecule has 0 atom stereocenters. The highest BCUT2D eigenvalue weighted by Gasteiger charge is 2.26. The van der Waals surface area contributed by atoms with Gasteiger partial charge in [0.2, 0.25) is 5.95 Å². The monoisotopic (exact) mass is 338 g/mol. The van der Waals surface area contributed by atoms with Gasteiger partial charge in [-0.15, -0.1) is 0 Å². The van der Waals surface area contributed by atoms with Gasteiger partial charge in [-0.3, -0.25) is 0 Å². The molecule has 0 aliphatic heterocycles. The Morgan fingerprint density at radius 1 is 0.920 bits per heavy atom. The lowest BCUT2D eigenvalue weighted by Crippen LogP contribution is -2.27. The number of hydrogen-bond donors (Lipinski definition) is 2. The normalized spacial score (nSPS) is 15.1. The number of nitrogens with one attached hydrogen (secondary N) is 2. The van der Waals surface area contributed by atoms with E-state index in [1.54, 1.807) is 0 Å². The number of anilines is 3. The molecule has 4 nitrogen and oxygen atoms in total. The summed E-state index contributed by atoms with van der Waals surface area (Å²) < 4.78 is 0. The van der Waals surface area contributed by atoms with Gasteiger partial charge in [0.25, 0.3) is 0 Å². The van der Waals surface area contributed by atoms with Crippen molar-refractivity contribution in [2.45, 2.75) is 71.3 Å². The van der Waals surface area contributed by atoms with E-state index in [0.717, 1.165) is 17.2 Å². The van der Waals surface area contributed by atoms with Crippen molar-refractivity contribution in [3.8, 4) is 0 Å². The molecule has 2 N–H and O–H groups in total. The Morgan fingerprint density at radius 2 is 1.56 bits per heavy atom. The minimum atomic E-state index is -0.0617. The Kier molecular flexibility index (Phi) is 4.48. The molecule has 25 heavy (non-hydrogen) atoms. The van der Waals surface area contributed by atoms with Gasteiger partial charge in [0.1, 0.15) is 5.82 Å². The van der Waals surface area contributed by atoms with Crippen LogP contribution in [-0.2, 0) is 5.41 Å². The summed E-state index contributed by atoms with van der Waals surface area (Å²) in [6.45, 7) is 13.1. The molecular formula is C21H30N4. The first-order chi connectivity index (χ1) is 11.6. The van der Waals surface area contributed by atoms with Crippen molar-refractivity contribution in [3.63, 3.8) is 0 Å². The van der Waals surface area contributed by atoms with Gasteiger partial charge in [0.05, 0.1) is 5.69 Å². The van der Waals surface area contributed by atoms with Gasteiger partial charge in [-0.1, -0.05) is 32.9 Å². The zero-order chi connectivity index (χ0) is 18.2. The van der Waals surface area contributed by atoms with Crippen LogP contribution in [0.25, 0.3) is 0 Å². The zero-order valence-electron chi connectivity index (χ0n) is 16.3. The van der Waals surface area contributed by atoms with Crippen LogP contribution >= 0.6 is 0 Å². The van der Waals surface area contributed by atoms with Crippen LogP contribution in [0.1, 0.15) is 71.6 Å². The molecule has 134 valence electrons. The highest BCUT2D eigenvalue weighted by Crippen LogP contribution is 2.40. The summed E-state index contributed by atoms with van der Waals surface area (Å²) in [5.74, 6) is 2.14. The molecule has 0 amide bonds. The van der Waals surface area contributed by atoms with E-state index < -0.39 is 0 Å².